The van der Waals surface area contributed by atoms with Crippen molar-refractivity contribution in [3.63, 3.8) is 0 Å². The molecule has 1 amide bonds. The van der Waals surface area contributed by atoms with E-state index >= 15 is 0 Å². The number of amides is 1. The molecule has 0 aliphatic carbocycles. The lowest BCUT2D eigenvalue weighted by Gasteiger charge is -2.26. The highest BCUT2D eigenvalue weighted by Gasteiger charge is 2.26. The van der Waals surface area contributed by atoms with Gasteiger partial charge in [0.1, 0.15) is 5.75 Å². The number of nitrogens with zero attached hydrogens (tertiary/aromatic N) is 1. The number of carbonyl (C=O) groups is 1. The molecule has 30 heavy (non-hydrogen) atoms. The van der Waals surface area contributed by atoms with Crippen molar-refractivity contribution >= 4 is 37.3 Å². The lowest BCUT2D eigenvalue weighted by Crippen LogP contribution is -2.40. The van der Waals surface area contributed by atoms with Crippen LogP contribution in [0.15, 0.2) is 52.3 Å². The smallest absolute Gasteiger partial charge is 0.262 e. The largest absolute Gasteiger partial charge is 0.482 e. The number of benzene rings is 2. The fourth-order valence-corrected chi connectivity index (χ4v) is 5.57. The number of hydrogen-bond acceptors (Lipinski definition) is 7. The number of nitrogens with one attached hydrogen (secondary N) is 2. The molecule has 2 heterocycles. The molecule has 0 spiro atoms. The van der Waals surface area contributed by atoms with Crippen LogP contribution in [0.5, 0.6) is 5.75 Å². The maximum atomic E-state index is 12.7. The summed E-state index contributed by atoms with van der Waals surface area (Å²) in [6.45, 7) is 1.09. The Bertz CT molecular complexity index is 1170. The monoisotopic (exact) mass is 453 g/mol. The van der Waals surface area contributed by atoms with Crippen LogP contribution in [0.4, 0.5) is 11.4 Å². The summed E-state index contributed by atoms with van der Waals surface area (Å²) in [5.74, 6) is 0.00768. The Labute approximate surface area is 173 Å². The van der Waals surface area contributed by atoms with Gasteiger partial charge in [0, 0.05) is 18.8 Å². The van der Waals surface area contributed by atoms with Gasteiger partial charge in [0.25, 0.3) is 15.9 Å². The van der Waals surface area contributed by atoms with Crippen LogP contribution < -0.4 is 14.8 Å². The minimum atomic E-state index is -3.97. The summed E-state index contributed by atoms with van der Waals surface area (Å²) >= 11 is 0. The van der Waals surface area contributed by atoms with Crippen molar-refractivity contribution in [1.29, 1.82) is 0 Å². The second kappa shape index (κ2) is 7.87. The topological polar surface area (TPSA) is 131 Å². The van der Waals surface area contributed by atoms with Gasteiger partial charge in [-0.25, -0.2) is 16.8 Å². The molecule has 2 aromatic rings. The zero-order valence-corrected chi connectivity index (χ0v) is 17.3. The molecule has 0 aromatic heterocycles. The minimum Gasteiger partial charge on any atom is -0.482 e. The summed E-state index contributed by atoms with van der Waals surface area (Å²) in [6.07, 6.45) is 0. The van der Waals surface area contributed by atoms with Gasteiger partial charge < -0.3 is 14.8 Å². The van der Waals surface area contributed by atoms with Crippen molar-refractivity contribution in [2.75, 3.05) is 42.9 Å². The predicted octanol–water partition coefficient (Wildman–Crippen LogP) is 0.839. The first-order chi connectivity index (χ1) is 14.3. The summed E-state index contributed by atoms with van der Waals surface area (Å²) in [4.78, 5) is 11.4. The Balaban J connectivity index is 1.53. The van der Waals surface area contributed by atoms with E-state index in [9.17, 15) is 21.6 Å². The van der Waals surface area contributed by atoms with Gasteiger partial charge in [-0.3, -0.25) is 9.52 Å². The molecular formula is C18H19N3O7S2. The molecular weight excluding hydrogens is 434 g/mol. The van der Waals surface area contributed by atoms with Crippen LogP contribution in [0.3, 0.4) is 0 Å². The Morgan fingerprint density at radius 2 is 1.60 bits per heavy atom. The lowest BCUT2D eigenvalue weighted by atomic mass is 10.2. The SMILES string of the molecule is O=C1COc2ccc(S(=O)(=O)Nc3ccc(S(=O)(=O)N4CCOCC4)cc3)cc2N1. The Morgan fingerprint density at radius 1 is 0.933 bits per heavy atom. The van der Waals surface area contributed by atoms with Gasteiger partial charge in [-0.1, -0.05) is 0 Å². The Kier molecular flexibility index (Phi) is 5.40. The summed E-state index contributed by atoms with van der Waals surface area (Å²) in [7, 11) is -7.63. The van der Waals surface area contributed by atoms with Crippen molar-refractivity contribution in [2.45, 2.75) is 9.79 Å². The molecule has 1 saturated heterocycles. The number of fused-ring (bicyclic) bond motifs is 1. The fraction of sp³-hybridized carbons (Fsp3) is 0.278. The average Bonchev–Trinajstić information content (AvgIpc) is 2.74. The van der Waals surface area contributed by atoms with Crippen molar-refractivity contribution in [2.24, 2.45) is 0 Å². The van der Waals surface area contributed by atoms with Crippen LogP contribution in [0.1, 0.15) is 0 Å². The molecule has 0 radical (unpaired) electrons. The van der Waals surface area contributed by atoms with E-state index in [4.69, 9.17) is 9.47 Å². The molecule has 12 heteroatoms. The number of hydrogen-bond donors (Lipinski definition) is 2. The zero-order valence-electron chi connectivity index (χ0n) is 15.7. The average molecular weight is 453 g/mol. The van der Waals surface area contributed by atoms with Crippen molar-refractivity contribution in [1.82, 2.24) is 4.31 Å². The molecule has 2 aromatic carbocycles. The summed E-state index contributed by atoms with van der Waals surface area (Å²) < 4.78 is 64.8. The third-order valence-electron chi connectivity index (χ3n) is 4.61. The zero-order chi connectivity index (χ0) is 21.4. The second-order valence-corrected chi connectivity index (χ2v) is 10.3. The van der Waals surface area contributed by atoms with Gasteiger partial charge in [-0.15, -0.1) is 0 Å². The highest BCUT2D eigenvalue weighted by molar-refractivity contribution is 7.92. The van der Waals surface area contributed by atoms with E-state index in [1.165, 1.54) is 46.8 Å². The minimum absolute atomic E-state index is 0.0704. The molecule has 1 fully saturated rings. The summed E-state index contributed by atoms with van der Waals surface area (Å²) in [5.41, 5.74) is 0.468. The number of morpholine rings is 1. The Hall–Kier alpha value is -2.67. The van der Waals surface area contributed by atoms with Gasteiger partial charge in [0.15, 0.2) is 6.61 Å². The molecule has 2 N–H and O–H groups in total. The molecule has 0 bridgehead atoms. The maximum Gasteiger partial charge on any atom is 0.262 e. The molecule has 0 atom stereocenters. The second-order valence-electron chi connectivity index (χ2n) is 6.64. The van der Waals surface area contributed by atoms with Crippen molar-refractivity contribution in [3.05, 3.63) is 42.5 Å². The number of sulfonamides is 2. The number of anilines is 2. The third kappa shape index (κ3) is 4.12. The van der Waals surface area contributed by atoms with Crippen molar-refractivity contribution < 1.29 is 31.1 Å². The van der Waals surface area contributed by atoms with Gasteiger partial charge in [-0.05, 0) is 42.5 Å². The fourth-order valence-electron chi connectivity index (χ4n) is 3.07. The highest BCUT2D eigenvalue weighted by atomic mass is 32.2. The quantitative estimate of drug-likeness (QED) is 0.686. The number of carbonyl (C=O) groups excluding carboxylic acids is 1. The normalized spacial score (nSPS) is 17.5. The van der Waals surface area contributed by atoms with Crippen LogP contribution in [0, 0.1) is 0 Å². The standard InChI is InChI=1S/C18H19N3O7S2/c22-18-12-28-17-6-5-15(11-16(17)19-18)29(23,24)20-13-1-3-14(4-2-13)30(25,26)21-7-9-27-10-8-21/h1-6,11,20H,7-10,12H2,(H,19,22). The van der Waals surface area contributed by atoms with Crippen LogP contribution in [-0.2, 0) is 29.6 Å². The van der Waals surface area contributed by atoms with Crippen LogP contribution in [0.2, 0.25) is 0 Å². The maximum absolute atomic E-state index is 12.7. The molecule has 2 aliphatic heterocycles. The van der Waals surface area contributed by atoms with Gasteiger partial charge in [0.2, 0.25) is 10.0 Å². The number of ether oxygens (including phenoxy) is 2. The van der Waals surface area contributed by atoms with E-state index in [0.717, 1.165) is 0 Å². The summed E-state index contributed by atoms with van der Waals surface area (Å²) in [6, 6.07) is 9.58. The van der Waals surface area contributed by atoms with E-state index < -0.39 is 20.0 Å². The van der Waals surface area contributed by atoms with E-state index in [1.54, 1.807) is 0 Å². The van der Waals surface area contributed by atoms with E-state index in [2.05, 4.69) is 10.0 Å². The summed E-state index contributed by atoms with van der Waals surface area (Å²) in [5, 5.41) is 2.56. The molecule has 160 valence electrons. The van der Waals surface area contributed by atoms with Crippen LogP contribution >= 0.6 is 0 Å². The first-order valence-electron chi connectivity index (χ1n) is 9.03. The Morgan fingerprint density at radius 3 is 2.30 bits per heavy atom. The highest BCUT2D eigenvalue weighted by Crippen LogP contribution is 2.31. The molecule has 4 rings (SSSR count). The molecule has 10 nitrogen and oxygen atoms in total. The molecule has 0 unspecified atom stereocenters. The van der Waals surface area contributed by atoms with Crippen molar-refractivity contribution in [3.8, 4) is 5.75 Å². The van der Waals surface area contributed by atoms with Gasteiger partial charge >= 0.3 is 0 Å². The van der Waals surface area contributed by atoms with E-state index in [0.29, 0.717) is 19.0 Å². The van der Waals surface area contributed by atoms with Gasteiger partial charge in [-0.2, -0.15) is 4.31 Å². The lowest BCUT2D eigenvalue weighted by molar-refractivity contribution is -0.118. The third-order valence-corrected chi connectivity index (χ3v) is 7.90. The van der Waals surface area contributed by atoms with Crippen LogP contribution in [-0.4, -0.2) is 60.0 Å². The molecule has 2 aliphatic rings. The molecule has 0 saturated carbocycles. The van der Waals surface area contributed by atoms with Crippen LogP contribution in [0.25, 0.3) is 0 Å². The predicted molar refractivity (Wildman–Crippen MR) is 107 cm³/mol. The van der Waals surface area contributed by atoms with E-state index in [1.807, 2.05) is 0 Å². The first-order valence-corrected chi connectivity index (χ1v) is 12.0. The first kappa shape index (κ1) is 20.6. The number of rotatable bonds is 5. The van der Waals surface area contributed by atoms with Gasteiger partial charge in [0.05, 0.1) is 28.7 Å². The van der Waals surface area contributed by atoms with E-state index in [-0.39, 0.29) is 46.8 Å².